The molecule has 2 aromatic heterocycles. The molecule has 3 rings (SSSR count). The number of aromatic nitrogens is 1. The second-order valence-electron chi connectivity index (χ2n) is 7.56. The van der Waals surface area contributed by atoms with Crippen LogP contribution in [0.15, 0.2) is 17.6 Å². The molecule has 1 amide bonds. The molecular formula is C18H26N4O2S. The molecule has 1 aliphatic carbocycles. The van der Waals surface area contributed by atoms with Gasteiger partial charge in [0, 0.05) is 12.1 Å². The van der Waals surface area contributed by atoms with Gasteiger partial charge in [-0.05, 0) is 57.9 Å². The van der Waals surface area contributed by atoms with E-state index in [-0.39, 0.29) is 12.1 Å². The maximum atomic E-state index is 11.9. The standard InChI is InChI=1S/C18H26N4O2S/c1-18(2,3)24-17(23)22-12-6-4-11(5-7-12)21-15-13(19)10-20-14-8-9-25-16(14)15/h8-12H,4-7,19H2,1-3H3,(H,20,21)(H,22,23). The highest BCUT2D eigenvalue weighted by molar-refractivity contribution is 7.17. The van der Waals surface area contributed by atoms with E-state index < -0.39 is 5.60 Å². The predicted molar refractivity (Wildman–Crippen MR) is 103 cm³/mol. The Morgan fingerprint density at radius 1 is 1.28 bits per heavy atom. The minimum Gasteiger partial charge on any atom is -0.444 e. The largest absolute Gasteiger partial charge is 0.444 e. The second kappa shape index (κ2) is 7.07. The monoisotopic (exact) mass is 362 g/mol. The molecule has 0 radical (unpaired) electrons. The summed E-state index contributed by atoms with van der Waals surface area (Å²) in [5.41, 5.74) is 8.31. The number of thiophene rings is 1. The Balaban J connectivity index is 1.55. The summed E-state index contributed by atoms with van der Waals surface area (Å²) in [7, 11) is 0. The van der Waals surface area contributed by atoms with Gasteiger partial charge in [0.15, 0.2) is 0 Å². The number of nitrogens with one attached hydrogen (secondary N) is 2. The SMILES string of the molecule is CC(C)(C)OC(=O)NC1CCC(Nc2c(N)cnc3ccsc23)CC1. The van der Waals surface area contributed by atoms with E-state index in [1.165, 1.54) is 0 Å². The van der Waals surface area contributed by atoms with Gasteiger partial charge in [0.2, 0.25) is 0 Å². The number of amides is 1. The van der Waals surface area contributed by atoms with E-state index in [0.717, 1.165) is 41.6 Å². The van der Waals surface area contributed by atoms with Crippen LogP contribution in [0.1, 0.15) is 46.5 Å². The Morgan fingerprint density at radius 2 is 1.96 bits per heavy atom. The summed E-state index contributed by atoms with van der Waals surface area (Å²) in [6, 6.07) is 2.53. The van der Waals surface area contributed by atoms with Gasteiger partial charge in [-0.25, -0.2) is 4.79 Å². The molecule has 6 nitrogen and oxygen atoms in total. The van der Waals surface area contributed by atoms with Crippen molar-refractivity contribution in [1.82, 2.24) is 10.3 Å². The lowest BCUT2D eigenvalue weighted by atomic mass is 9.91. The molecule has 7 heteroatoms. The van der Waals surface area contributed by atoms with Crippen molar-refractivity contribution in [2.45, 2.75) is 64.1 Å². The molecule has 0 aromatic carbocycles. The van der Waals surface area contributed by atoms with Crippen LogP contribution < -0.4 is 16.4 Å². The number of hydrogen-bond donors (Lipinski definition) is 3. The molecular weight excluding hydrogens is 336 g/mol. The summed E-state index contributed by atoms with van der Waals surface area (Å²) >= 11 is 1.65. The summed E-state index contributed by atoms with van der Waals surface area (Å²) in [6.45, 7) is 5.62. The van der Waals surface area contributed by atoms with Gasteiger partial charge in [-0.1, -0.05) is 0 Å². The highest BCUT2D eigenvalue weighted by atomic mass is 32.1. The molecule has 1 fully saturated rings. The van der Waals surface area contributed by atoms with Crippen molar-refractivity contribution >= 4 is 39.0 Å². The van der Waals surface area contributed by atoms with Crippen LogP contribution in [0, 0.1) is 0 Å². The number of alkyl carbamates (subject to hydrolysis) is 1. The quantitative estimate of drug-likeness (QED) is 0.764. The topological polar surface area (TPSA) is 89.3 Å². The summed E-state index contributed by atoms with van der Waals surface area (Å²) < 4.78 is 6.44. The van der Waals surface area contributed by atoms with Gasteiger partial charge in [0.05, 0.1) is 27.8 Å². The molecule has 2 aromatic rings. The minimum absolute atomic E-state index is 0.171. The Kier molecular flexibility index (Phi) is 5.03. The number of nitrogens with zero attached hydrogens (tertiary/aromatic N) is 1. The highest BCUT2D eigenvalue weighted by Crippen LogP contribution is 2.34. The molecule has 1 aliphatic rings. The van der Waals surface area contributed by atoms with E-state index in [9.17, 15) is 4.79 Å². The molecule has 0 atom stereocenters. The maximum Gasteiger partial charge on any atom is 0.407 e. The lowest BCUT2D eigenvalue weighted by Crippen LogP contribution is -2.42. The molecule has 25 heavy (non-hydrogen) atoms. The zero-order chi connectivity index (χ0) is 18.0. The molecule has 0 unspecified atom stereocenters. The first kappa shape index (κ1) is 17.8. The molecule has 0 spiro atoms. The van der Waals surface area contributed by atoms with Crippen molar-refractivity contribution in [2.24, 2.45) is 0 Å². The summed E-state index contributed by atoms with van der Waals surface area (Å²) in [5.74, 6) is 0. The molecule has 4 N–H and O–H groups in total. The zero-order valence-corrected chi connectivity index (χ0v) is 15.8. The average Bonchev–Trinajstić information content (AvgIpc) is 2.99. The van der Waals surface area contributed by atoms with Crippen LogP contribution in [-0.2, 0) is 4.74 Å². The lowest BCUT2D eigenvalue weighted by molar-refractivity contribution is 0.0492. The first-order valence-electron chi connectivity index (χ1n) is 8.69. The Bertz CT molecular complexity index is 745. The van der Waals surface area contributed by atoms with Crippen LogP contribution >= 0.6 is 11.3 Å². The van der Waals surface area contributed by atoms with Gasteiger partial charge in [-0.2, -0.15) is 0 Å². The number of rotatable bonds is 3. The maximum absolute atomic E-state index is 11.9. The van der Waals surface area contributed by atoms with Gasteiger partial charge in [0.25, 0.3) is 0 Å². The molecule has 0 saturated heterocycles. The van der Waals surface area contributed by atoms with Crippen molar-refractivity contribution in [1.29, 1.82) is 0 Å². The number of fused-ring (bicyclic) bond motifs is 1. The Labute approximate surface area is 152 Å². The number of carbonyl (C=O) groups is 1. The normalized spacial score (nSPS) is 21.1. The fraction of sp³-hybridized carbons (Fsp3) is 0.556. The Hall–Kier alpha value is -2.02. The highest BCUT2D eigenvalue weighted by Gasteiger charge is 2.25. The van der Waals surface area contributed by atoms with Gasteiger partial charge < -0.3 is 21.1 Å². The second-order valence-corrected chi connectivity index (χ2v) is 8.48. The Morgan fingerprint density at radius 3 is 2.64 bits per heavy atom. The number of pyridine rings is 1. The van der Waals surface area contributed by atoms with Gasteiger partial charge in [0.1, 0.15) is 5.60 Å². The van der Waals surface area contributed by atoms with Crippen LogP contribution in [0.2, 0.25) is 0 Å². The third-order valence-electron chi connectivity index (χ3n) is 4.30. The molecule has 2 heterocycles. The fourth-order valence-electron chi connectivity index (χ4n) is 3.14. The molecule has 136 valence electrons. The van der Waals surface area contributed by atoms with E-state index in [2.05, 4.69) is 15.6 Å². The first-order chi connectivity index (χ1) is 11.8. The van der Waals surface area contributed by atoms with Crippen LogP contribution in [-0.4, -0.2) is 28.8 Å². The minimum atomic E-state index is -0.464. The van der Waals surface area contributed by atoms with Crippen molar-refractivity contribution < 1.29 is 9.53 Å². The summed E-state index contributed by atoms with van der Waals surface area (Å²) in [4.78, 5) is 16.2. The number of carbonyl (C=O) groups excluding carboxylic acids is 1. The van der Waals surface area contributed by atoms with Gasteiger partial charge in [-0.15, -0.1) is 11.3 Å². The molecule has 1 saturated carbocycles. The lowest BCUT2D eigenvalue weighted by Gasteiger charge is -2.31. The fourth-order valence-corrected chi connectivity index (χ4v) is 4.00. The number of nitrogen functional groups attached to an aromatic ring is 1. The average molecular weight is 362 g/mol. The smallest absolute Gasteiger partial charge is 0.407 e. The molecule has 0 bridgehead atoms. The van der Waals surface area contributed by atoms with E-state index in [1.54, 1.807) is 17.5 Å². The third-order valence-corrected chi connectivity index (χ3v) is 5.22. The van der Waals surface area contributed by atoms with Gasteiger partial charge >= 0.3 is 6.09 Å². The first-order valence-corrected chi connectivity index (χ1v) is 9.57. The number of anilines is 2. The summed E-state index contributed by atoms with van der Waals surface area (Å²) in [6.07, 6.45) is 5.20. The van der Waals surface area contributed by atoms with Crippen LogP contribution in [0.5, 0.6) is 0 Å². The van der Waals surface area contributed by atoms with E-state index in [0.29, 0.717) is 11.7 Å². The van der Waals surface area contributed by atoms with Crippen LogP contribution in [0.25, 0.3) is 10.2 Å². The number of ether oxygens (including phenoxy) is 1. The van der Waals surface area contributed by atoms with Gasteiger partial charge in [-0.3, -0.25) is 4.98 Å². The number of nitrogens with two attached hydrogens (primary N) is 1. The van der Waals surface area contributed by atoms with Crippen molar-refractivity contribution in [3.05, 3.63) is 17.6 Å². The zero-order valence-electron chi connectivity index (χ0n) is 15.0. The summed E-state index contributed by atoms with van der Waals surface area (Å²) in [5, 5.41) is 8.60. The van der Waals surface area contributed by atoms with E-state index in [4.69, 9.17) is 10.5 Å². The van der Waals surface area contributed by atoms with Crippen LogP contribution in [0.4, 0.5) is 16.2 Å². The molecule has 0 aliphatic heterocycles. The van der Waals surface area contributed by atoms with E-state index >= 15 is 0 Å². The van der Waals surface area contributed by atoms with Crippen molar-refractivity contribution in [3.8, 4) is 0 Å². The van der Waals surface area contributed by atoms with Crippen LogP contribution in [0.3, 0.4) is 0 Å². The predicted octanol–water partition coefficient (Wildman–Crippen LogP) is 4.13. The van der Waals surface area contributed by atoms with Crippen molar-refractivity contribution in [3.63, 3.8) is 0 Å². The van der Waals surface area contributed by atoms with E-state index in [1.807, 2.05) is 32.2 Å². The number of hydrogen-bond acceptors (Lipinski definition) is 6. The third kappa shape index (κ3) is 4.54. The van der Waals surface area contributed by atoms with Crippen molar-refractivity contribution in [2.75, 3.05) is 11.1 Å².